The predicted molar refractivity (Wildman–Crippen MR) is 161 cm³/mol. The molecule has 0 saturated carbocycles. The van der Waals surface area contributed by atoms with Crippen molar-refractivity contribution in [2.24, 2.45) is 0 Å². The molecule has 0 heterocycles. The van der Waals surface area contributed by atoms with E-state index in [-0.39, 0.29) is 24.8 Å². The van der Waals surface area contributed by atoms with Crippen LogP contribution in [0.25, 0.3) is 0 Å². The van der Waals surface area contributed by atoms with Crippen molar-refractivity contribution in [3.63, 3.8) is 0 Å². The van der Waals surface area contributed by atoms with Crippen molar-refractivity contribution in [2.75, 3.05) is 0 Å². The Morgan fingerprint density at radius 1 is 0.686 bits per heavy atom. The fourth-order valence-corrected chi connectivity index (χ4v) is 43.1. The van der Waals surface area contributed by atoms with Crippen molar-refractivity contribution in [3.05, 3.63) is 41.3 Å². The van der Waals surface area contributed by atoms with Crippen LogP contribution >= 0.6 is 22.2 Å². The second-order valence-corrected chi connectivity index (χ2v) is 40.0. The third-order valence-corrected chi connectivity index (χ3v) is 36.2. The SMILES string of the molecule is CCCC([Si](C)(C)Cl)[Si](C)(C)C1=[C]([Zr+2][C]2=C([Si](C)(C)C(CCC)[Si](C)(C)Cl)C=CC2)CC=C1.[Cl-].[Cl-]. The van der Waals surface area contributed by atoms with Crippen LogP contribution in [0.1, 0.15) is 52.4 Å². The van der Waals surface area contributed by atoms with Crippen molar-refractivity contribution >= 4 is 53.1 Å². The van der Waals surface area contributed by atoms with Gasteiger partial charge in [0.1, 0.15) is 0 Å². The summed E-state index contributed by atoms with van der Waals surface area (Å²) in [5.74, 6) is 0. The van der Waals surface area contributed by atoms with E-state index >= 15 is 0 Å². The van der Waals surface area contributed by atoms with E-state index in [1.165, 1.54) is 38.5 Å². The average Bonchev–Trinajstić information content (AvgIpc) is 3.32. The zero-order valence-electron chi connectivity index (χ0n) is 23.7. The minimum absolute atomic E-state index is 0. The van der Waals surface area contributed by atoms with E-state index in [9.17, 15) is 0 Å². The second kappa shape index (κ2) is 14.5. The molecule has 200 valence electrons. The Balaban J connectivity index is 0.00000578. The van der Waals surface area contributed by atoms with E-state index in [0.29, 0.717) is 0 Å². The van der Waals surface area contributed by atoms with Crippen LogP contribution in [-0.2, 0) is 23.2 Å². The van der Waals surface area contributed by atoms with Gasteiger partial charge in [-0.2, -0.15) is 0 Å². The molecule has 9 heteroatoms. The molecular weight excluding hydrogens is 658 g/mol. The Bertz CT molecular complexity index is 765. The first kappa shape index (κ1) is 36.9. The van der Waals surface area contributed by atoms with Gasteiger partial charge in [0.2, 0.25) is 0 Å². The van der Waals surface area contributed by atoms with Gasteiger partial charge in [0.05, 0.1) is 0 Å². The second-order valence-electron chi connectivity index (χ2n) is 12.4. The van der Waals surface area contributed by atoms with Crippen LogP contribution < -0.4 is 24.8 Å². The van der Waals surface area contributed by atoms with Crippen molar-refractivity contribution in [1.82, 2.24) is 0 Å². The van der Waals surface area contributed by atoms with E-state index in [2.05, 4.69) is 90.5 Å². The molecule has 0 aliphatic heterocycles. The van der Waals surface area contributed by atoms with Crippen LogP contribution in [0.5, 0.6) is 0 Å². The van der Waals surface area contributed by atoms with E-state index in [1.54, 1.807) is 10.4 Å². The van der Waals surface area contributed by atoms with Crippen molar-refractivity contribution in [2.45, 2.75) is 115 Å². The van der Waals surface area contributed by atoms with Crippen LogP contribution in [0.3, 0.4) is 0 Å². The van der Waals surface area contributed by atoms with E-state index in [1.807, 2.05) is 6.56 Å². The molecule has 0 N–H and O–H groups in total. The van der Waals surface area contributed by atoms with Crippen LogP contribution in [-0.4, -0.2) is 30.9 Å². The predicted octanol–water partition coefficient (Wildman–Crippen LogP) is 4.31. The quantitative estimate of drug-likeness (QED) is 0.210. The summed E-state index contributed by atoms with van der Waals surface area (Å²) in [6.45, 7) is 24.8. The van der Waals surface area contributed by atoms with Crippen LogP contribution in [0.15, 0.2) is 41.3 Å². The van der Waals surface area contributed by atoms with E-state index in [4.69, 9.17) is 22.2 Å². The normalized spacial score (nSPS) is 18.4. The van der Waals surface area contributed by atoms with Crippen molar-refractivity contribution in [1.29, 1.82) is 0 Å². The Morgan fingerprint density at radius 3 is 1.26 bits per heavy atom. The molecule has 0 saturated heterocycles. The fourth-order valence-electron chi connectivity index (χ4n) is 6.71. The van der Waals surface area contributed by atoms with Crippen LogP contribution in [0.4, 0.5) is 0 Å². The summed E-state index contributed by atoms with van der Waals surface area (Å²) in [6, 6.07) is 0. The van der Waals surface area contributed by atoms with Gasteiger partial charge in [0.25, 0.3) is 0 Å². The van der Waals surface area contributed by atoms with Gasteiger partial charge in [-0.25, -0.2) is 0 Å². The molecule has 2 unspecified atom stereocenters. The smallest absolute Gasteiger partial charge is 1.00 e. The minimum atomic E-state index is -1.72. The van der Waals surface area contributed by atoms with Gasteiger partial charge in [-0.3, -0.25) is 0 Å². The summed E-state index contributed by atoms with van der Waals surface area (Å²) in [6.07, 6.45) is 17.6. The molecule has 0 bridgehead atoms. The first-order valence-electron chi connectivity index (χ1n) is 13.0. The molecule has 0 aromatic carbocycles. The third-order valence-electron chi connectivity index (χ3n) is 8.11. The molecular formula is C26H48Cl4Si4Zr. The minimum Gasteiger partial charge on any atom is -1.00 e. The van der Waals surface area contributed by atoms with Gasteiger partial charge < -0.3 is 24.8 Å². The monoisotopic (exact) mass is 702 g/mol. The van der Waals surface area contributed by atoms with Gasteiger partial charge in [-0.05, 0) is 0 Å². The van der Waals surface area contributed by atoms with E-state index < -0.39 is 54.1 Å². The first-order valence-corrected chi connectivity index (χ1v) is 29.8. The number of hydrogen-bond donors (Lipinski definition) is 0. The van der Waals surface area contributed by atoms with Crippen LogP contribution in [0.2, 0.25) is 62.7 Å². The van der Waals surface area contributed by atoms with Gasteiger partial charge in [0, 0.05) is 0 Å². The molecule has 0 radical (unpaired) electrons. The van der Waals surface area contributed by atoms with Gasteiger partial charge in [-0.1, -0.05) is 0 Å². The molecule has 2 aliphatic carbocycles. The molecule has 0 aromatic heterocycles. The zero-order valence-corrected chi connectivity index (χ0v) is 33.2. The maximum atomic E-state index is 7.17. The van der Waals surface area contributed by atoms with Crippen LogP contribution in [0, 0.1) is 0 Å². The molecule has 35 heavy (non-hydrogen) atoms. The number of allylic oxidation sites excluding steroid dienone is 8. The topological polar surface area (TPSA) is 0 Å². The number of hydrogen-bond acceptors (Lipinski definition) is 0. The Morgan fingerprint density at radius 2 is 1.00 bits per heavy atom. The zero-order chi connectivity index (χ0) is 25.2. The van der Waals surface area contributed by atoms with Crippen molar-refractivity contribution in [3.8, 4) is 0 Å². The summed E-state index contributed by atoms with van der Waals surface area (Å²) < 4.78 is 3.75. The summed E-state index contributed by atoms with van der Waals surface area (Å²) in [5, 5.41) is 5.09. The molecule has 0 aromatic rings. The molecule has 0 nitrogen and oxygen atoms in total. The fraction of sp³-hybridized carbons (Fsp3) is 0.692. The maximum Gasteiger partial charge on any atom is -1.00 e. The summed E-state index contributed by atoms with van der Waals surface area (Å²) >= 11 is 13.6. The molecule has 2 aliphatic rings. The average molecular weight is 706 g/mol. The van der Waals surface area contributed by atoms with Crippen molar-refractivity contribution < 1.29 is 48.0 Å². The standard InChI is InChI=1S/2C13H24ClSi2.2ClH.Zr/c2*1-6-9-13(16(4,5)14)15(2,3)12-10-7-8-11-12;;;/h2*7,10,13H,6,8-9H2,1-5H3;2*1H;/q;;;;+2/p-2. The number of rotatable bonds is 12. The maximum absolute atomic E-state index is 7.17. The number of halogens is 4. The molecule has 0 spiro atoms. The van der Waals surface area contributed by atoms with Gasteiger partial charge in [-0.15, -0.1) is 0 Å². The molecule has 2 rings (SSSR count). The summed E-state index contributed by atoms with van der Waals surface area (Å²) in [7, 11) is -6.64. The molecule has 0 amide bonds. The first-order chi connectivity index (χ1) is 15.1. The van der Waals surface area contributed by atoms with Gasteiger partial charge in [0.15, 0.2) is 0 Å². The Hall–Kier alpha value is 1.87. The van der Waals surface area contributed by atoms with Gasteiger partial charge >= 0.3 is 233 Å². The summed E-state index contributed by atoms with van der Waals surface area (Å²) in [5.41, 5.74) is 0. The third kappa shape index (κ3) is 8.93. The largest absolute Gasteiger partial charge is 1.00 e. The molecule has 0 fully saturated rings. The van der Waals surface area contributed by atoms with E-state index in [0.717, 1.165) is 10.3 Å². The summed E-state index contributed by atoms with van der Waals surface area (Å²) in [4.78, 5) is 0. The Kier molecular flexibility index (Phi) is 15.3. The molecule has 2 atom stereocenters. The Labute approximate surface area is 255 Å².